The third kappa shape index (κ3) is 3.98. The van der Waals surface area contributed by atoms with Crippen molar-refractivity contribution in [1.82, 2.24) is 14.9 Å². The molecule has 1 N–H and O–H groups in total. The summed E-state index contributed by atoms with van der Waals surface area (Å²) in [5, 5.41) is 15.5. The van der Waals surface area contributed by atoms with Gasteiger partial charge in [0, 0.05) is 31.2 Å². The molecule has 0 aliphatic carbocycles. The largest absolute Gasteiger partial charge is 0.353 e. The Balaban J connectivity index is 1.94. The van der Waals surface area contributed by atoms with Crippen LogP contribution in [0.5, 0.6) is 0 Å². The van der Waals surface area contributed by atoms with Crippen LogP contribution in [0.1, 0.15) is 6.92 Å². The Morgan fingerprint density at radius 1 is 1.23 bits per heavy atom. The number of nitro groups is 1. The number of hydrogen-bond acceptors (Lipinski definition) is 7. The molecule has 2 heterocycles. The maximum absolute atomic E-state index is 11.7. The van der Waals surface area contributed by atoms with Gasteiger partial charge in [0.15, 0.2) is 0 Å². The van der Waals surface area contributed by atoms with Gasteiger partial charge < -0.3 is 15.1 Å². The van der Waals surface area contributed by atoms with E-state index in [9.17, 15) is 10.1 Å². The van der Waals surface area contributed by atoms with Crippen molar-refractivity contribution >= 4 is 46.2 Å². The van der Waals surface area contributed by atoms with Gasteiger partial charge in [0.25, 0.3) is 0 Å². The summed E-state index contributed by atoms with van der Waals surface area (Å²) in [6, 6.07) is 4.85. The van der Waals surface area contributed by atoms with Gasteiger partial charge in [-0.25, -0.2) is 9.97 Å². The molecule has 0 saturated carbocycles. The van der Waals surface area contributed by atoms with Crippen molar-refractivity contribution < 1.29 is 4.92 Å². The molecule has 1 fully saturated rings. The average molecular weight is 397 g/mol. The fraction of sp³-hybridized carbons (Fsp3) is 0.375. The molecule has 0 amide bonds. The molecule has 2 aromatic rings. The molecule has 1 aliphatic rings. The average Bonchev–Trinajstić information content (AvgIpc) is 2.64. The summed E-state index contributed by atoms with van der Waals surface area (Å²) >= 11 is 12.1. The number of nitrogens with zero attached hydrogens (tertiary/aromatic N) is 5. The molecule has 26 heavy (non-hydrogen) atoms. The van der Waals surface area contributed by atoms with Crippen LogP contribution in [-0.2, 0) is 0 Å². The normalized spacial score (nSPS) is 15.1. The Kier molecular flexibility index (Phi) is 5.75. The van der Waals surface area contributed by atoms with Crippen molar-refractivity contribution in [2.45, 2.75) is 6.92 Å². The first kappa shape index (κ1) is 18.6. The predicted molar refractivity (Wildman–Crippen MR) is 103 cm³/mol. The van der Waals surface area contributed by atoms with E-state index < -0.39 is 4.92 Å². The lowest BCUT2D eigenvalue weighted by molar-refractivity contribution is -0.383. The number of anilines is 3. The number of benzene rings is 1. The Bertz CT molecular complexity index is 811. The Morgan fingerprint density at radius 2 is 1.96 bits per heavy atom. The lowest BCUT2D eigenvalue weighted by atomic mass is 10.2. The minimum atomic E-state index is -0.470. The molecule has 1 saturated heterocycles. The molecule has 0 radical (unpaired) electrons. The minimum absolute atomic E-state index is 0.0853. The third-order valence-corrected chi connectivity index (χ3v) is 4.85. The van der Waals surface area contributed by atoms with Crippen LogP contribution in [0.4, 0.5) is 23.0 Å². The first-order chi connectivity index (χ1) is 12.5. The minimum Gasteiger partial charge on any atom is -0.348 e. The van der Waals surface area contributed by atoms with E-state index in [-0.39, 0.29) is 11.5 Å². The molecule has 0 atom stereocenters. The van der Waals surface area contributed by atoms with E-state index in [2.05, 4.69) is 27.1 Å². The predicted octanol–water partition coefficient (Wildman–Crippen LogP) is 3.58. The lowest BCUT2D eigenvalue weighted by Crippen LogP contribution is -2.46. The highest BCUT2D eigenvalue weighted by atomic mass is 35.5. The van der Waals surface area contributed by atoms with E-state index in [1.807, 2.05) is 4.90 Å². The standard InChI is InChI=1S/C16H18Cl2N6O2/c1-2-22-5-7-23(8-6-22)16-14(24(25)26)15(19-10-20-16)21-13-9-11(17)3-4-12(13)18/h3-4,9-10H,2,5-8H2,1H3,(H,19,20,21). The molecule has 138 valence electrons. The van der Waals surface area contributed by atoms with E-state index in [0.29, 0.717) is 34.6 Å². The van der Waals surface area contributed by atoms with Crippen LogP contribution in [-0.4, -0.2) is 52.5 Å². The molecule has 1 aliphatic heterocycles. The summed E-state index contributed by atoms with van der Waals surface area (Å²) in [7, 11) is 0. The number of likely N-dealkylation sites (N-methyl/N-ethyl adjacent to an activating group) is 1. The van der Waals surface area contributed by atoms with E-state index in [1.54, 1.807) is 18.2 Å². The van der Waals surface area contributed by atoms with Crippen LogP contribution >= 0.6 is 23.2 Å². The monoisotopic (exact) mass is 396 g/mol. The van der Waals surface area contributed by atoms with Crippen molar-refractivity contribution in [3.8, 4) is 0 Å². The maximum atomic E-state index is 11.7. The smallest absolute Gasteiger partial charge is 0.348 e. The van der Waals surface area contributed by atoms with Crippen LogP contribution in [0.3, 0.4) is 0 Å². The first-order valence-electron chi connectivity index (χ1n) is 8.18. The summed E-state index contributed by atoms with van der Waals surface area (Å²) in [6.07, 6.45) is 1.31. The molecule has 0 bridgehead atoms. The van der Waals surface area contributed by atoms with Crippen LogP contribution in [0.2, 0.25) is 10.0 Å². The number of hydrogen-bond donors (Lipinski definition) is 1. The van der Waals surface area contributed by atoms with Crippen molar-refractivity contribution in [3.05, 3.63) is 44.7 Å². The fourth-order valence-electron chi connectivity index (χ4n) is 2.86. The highest BCUT2D eigenvalue weighted by Crippen LogP contribution is 2.36. The Hall–Kier alpha value is -2.16. The molecule has 3 rings (SSSR count). The van der Waals surface area contributed by atoms with E-state index in [0.717, 1.165) is 19.6 Å². The second-order valence-corrected chi connectivity index (χ2v) is 6.67. The third-order valence-electron chi connectivity index (χ3n) is 4.29. The van der Waals surface area contributed by atoms with Gasteiger partial charge in [0.05, 0.1) is 15.6 Å². The Labute approximate surface area is 160 Å². The highest BCUT2D eigenvalue weighted by molar-refractivity contribution is 6.35. The topological polar surface area (TPSA) is 87.4 Å². The number of halogens is 2. The molecule has 1 aromatic carbocycles. The zero-order valence-electron chi connectivity index (χ0n) is 14.2. The highest BCUT2D eigenvalue weighted by Gasteiger charge is 2.29. The first-order valence-corrected chi connectivity index (χ1v) is 8.94. The van der Waals surface area contributed by atoms with Gasteiger partial charge in [-0.3, -0.25) is 10.1 Å². The summed E-state index contributed by atoms with van der Waals surface area (Å²) in [6.45, 7) is 6.06. The maximum Gasteiger partial charge on any atom is 0.353 e. The van der Waals surface area contributed by atoms with Crippen LogP contribution in [0.25, 0.3) is 0 Å². The lowest BCUT2D eigenvalue weighted by Gasteiger charge is -2.34. The number of aromatic nitrogens is 2. The summed E-state index contributed by atoms with van der Waals surface area (Å²) in [4.78, 5) is 23.7. The molecule has 10 heteroatoms. The van der Waals surface area contributed by atoms with Gasteiger partial charge in [-0.05, 0) is 24.7 Å². The SMILES string of the molecule is CCN1CCN(c2ncnc(Nc3cc(Cl)ccc3Cl)c2[N+](=O)[O-])CC1. The fourth-order valence-corrected chi connectivity index (χ4v) is 3.19. The number of piperazine rings is 1. The molecule has 1 aromatic heterocycles. The van der Waals surface area contributed by atoms with Crippen molar-refractivity contribution in [2.75, 3.05) is 42.9 Å². The van der Waals surface area contributed by atoms with Gasteiger partial charge in [-0.15, -0.1) is 0 Å². The summed E-state index contributed by atoms with van der Waals surface area (Å²) < 4.78 is 0. The molecule has 0 spiro atoms. The molecule has 8 nitrogen and oxygen atoms in total. The van der Waals surface area contributed by atoms with Gasteiger partial charge in [0.1, 0.15) is 6.33 Å². The van der Waals surface area contributed by atoms with E-state index in [4.69, 9.17) is 23.2 Å². The van der Waals surface area contributed by atoms with Crippen molar-refractivity contribution in [2.24, 2.45) is 0 Å². The van der Waals surface area contributed by atoms with Gasteiger partial charge in [-0.2, -0.15) is 0 Å². The van der Waals surface area contributed by atoms with Crippen LogP contribution in [0, 0.1) is 10.1 Å². The van der Waals surface area contributed by atoms with Crippen molar-refractivity contribution in [1.29, 1.82) is 0 Å². The molecule has 0 unspecified atom stereocenters. The van der Waals surface area contributed by atoms with Crippen LogP contribution < -0.4 is 10.2 Å². The quantitative estimate of drug-likeness (QED) is 0.610. The second kappa shape index (κ2) is 8.03. The molecular formula is C16H18Cl2N6O2. The zero-order chi connectivity index (χ0) is 18.7. The number of nitrogens with one attached hydrogen (secondary N) is 1. The van der Waals surface area contributed by atoms with E-state index >= 15 is 0 Å². The van der Waals surface area contributed by atoms with Crippen molar-refractivity contribution in [3.63, 3.8) is 0 Å². The van der Waals surface area contributed by atoms with Gasteiger partial charge >= 0.3 is 5.69 Å². The number of rotatable bonds is 5. The Morgan fingerprint density at radius 3 is 2.62 bits per heavy atom. The van der Waals surface area contributed by atoms with E-state index in [1.165, 1.54) is 6.33 Å². The van der Waals surface area contributed by atoms with Gasteiger partial charge in [0.2, 0.25) is 11.6 Å². The van der Waals surface area contributed by atoms with Gasteiger partial charge in [-0.1, -0.05) is 30.1 Å². The summed E-state index contributed by atoms with van der Waals surface area (Å²) in [5.41, 5.74) is 0.274. The second-order valence-electron chi connectivity index (χ2n) is 5.82. The van der Waals surface area contributed by atoms with Crippen LogP contribution in [0.15, 0.2) is 24.5 Å². The molecular weight excluding hydrogens is 379 g/mol. The summed E-state index contributed by atoms with van der Waals surface area (Å²) in [5.74, 6) is 0.392. The zero-order valence-corrected chi connectivity index (χ0v) is 15.7.